The van der Waals surface area contributed by atoms with Crippen molar-refractivity contribution < 1.29 is 14.3 Å². The van der Waals surface area contributed by atoms with Crippen molar-refractivity contribution in [2.45, 2.75) is 6.42 Å². The van der Waals surface area contributed by atoms with E-state index in [-0.39, 0.29) is 18.4 Å². The summed E-state index contributed by atoms with van der Waals surface area (Å²) in [6.45, 7) is 4.10. The van der Waals surface area contributed by atoms with Crippen LogP contribution in [0.2, 0.25) is 10.0 Å². The molecular weight excluding hydrogens is 315 g/mol. The van der Waals surface area contributed by atoms with Gasteiger partial charge < -0.3 is 15.4 Å². The quantitative estimate of drug-likeness (QED) is 0.567. The molecule has 0 unspecified atom stereocenters. The Bertz CT molecular complexity index is 521. The number of amides is 2. The maximum atomic E-state index is 11.5. The second-order valence-corrected chi connectivity index (χ2v) is 4.91. The van der Waals surface area contributed by atoms with E-state index in [1.165, 1.54) is 6.08 Å². The lowest BCUT2D eigenvalue weighted by Crippen LogP contribution is -2.32. The highest BCUT2D eigenvalue weighted by atomic mass is 35.5. The molecular formula is C14H16Cl2N2O3. The molecule has 0 heterocycles. The zero-order valence-corrected chi connectivity index (χ0v) is 12.8. The Labute approximate surface area is 133 Å². The molecule has 7 heteroatoms. The molecule has 2 amide bonds. The summed E-state index contributed by atoms with van der Waals surface area (Å²) in [6, 6.07) is 4.77. The van der Waals surface area contributed by atoms with Gasteiger partial charge in [0.1, 0.15) is 5.75 Å². The summed E-state index contributed by atoms with van der Waals surface area (Å²) in [5, 5.41) is 6.12. The van der Waals surface area contributed by atoms with Gasteiger partial charge >= 0.3 is 0 Å². The highest BCUT2D eigenvalue weighted by molar-refractivity contribution is 6.35. The Balaban J connectivity index is 2.19. The molecule has 0 aromatic heterocycles. The van der Waals surface area contributed by atoms with E-state index in [0.29, 0.717) is 35.3 Å². The molecule has 2 N–H and O–H groups in total. The highest BCUT2D eigenvalue weighted by Gasteiger charge is 2.06. The van der Waals surface area contributed by atoms with Crippen LogP contribution in [0.1, 0.15) is 6.42 Å². The third kappa shape index (κ3) is 7.02. The van der Waals surface area contributed by atoms with Gasteiger partial charge in [0.25, 0.3) is 5.91 Å². The summed E-state index contributed by atoms with van der Waals surface area (Å²) in [5.41, 5.74) is 0. The molecule has 114 valence electrons. The molecule has 21 heavy (non-hydrogen) atoms. The summed E-state index contributed by atoms with van der Waals surface area (Å²) in [7, 11) is 0. The van der Waals surface area contributed by atoms with Gasteiger partial charge in [0, 0.05) is 18.1 Å². The second-order valence-electron chi connectivity index (χ2n) is 4.06. The van der Waals surface area contributed by atoms with Crippen LogP contribution in [0, 0.1) is 0 Å². The molecule has 0 saturated carbocycles. The molecule has 5 nitrogen and oxygen atoms in total. The molecule has 0 bridgehead atoms. The fraction of sp³-hybridized carbons (Fsp3) is 0.286. The van der Waals surface area contributed by atoms with Crippen molar-refractivity contribution >= 4 is 35.0 Å². The fourth-order valence-corrected chi connectivity index (χ4v) is 1.85. The first-order valence-electron chi connectivity index (χ1n) is 6.27. The van der Waals surface area contributed by atoms with Crippen LogP contribution in [0.5, 0.6) is 5.75 Å². The summed E-state index contributed by atoms with van der Waals surface area (Å²) >= 11 is 11.7. The van der Waals surface area contributed by atoms with Crippen molar-refractivity contribution in [3.63, 3.8) is 0 Å². The van der Waals surface area contributed by atoms with Crippen LogP contribution >= 0.6 is 23.2 Å². The molecule has 0 aliphatic heterocycles. The number of carbonyl (C=O) groups excluding carboxylic acids is 2. The first-order valence-corrected chi connectivity index (χ1v) is 7.03. The Morgan fingerprint density at radius 2 is 1.95 bits per heavy atom. The lowest BCUT2D eigenvalue weighted by Gasteiger charge is -2.09. The zero-order valence-electron chi connectivity index (χ0n) is 11.3. The molecule has 1 rings (SSSR count). The number of benzene rings is 1. The van der Waals surface area contributed by atoms with Gasteiger partial charge in [-0.1, -0.05) is 29.8 Å². The minimum Gasteiger partial charge on any atom is -0.482 e. The van der Waals surface area contributed by atoms with Crippen LogP contribution < -0.4 is 15.4 Å². The van der Waals surface area contributed by atoms with Crippen LogP contribution in [-0.4, -0.2) is 31.5 Å². The second kappa shape index (κ2) is 9.26. The summed E-state index contributed by atoms with van der Waals surface area (Å²) in [5.74, 6) is -0.104. The number of halogens is 2. The smallest absolute Gasteiger partial charge is 0.257 e. The summed E-state index contributed by atoms with van der Waals surface area (Å²) in [4.78, 5) is 22.4. The highest BCUT2D eigenvalue weighted by Crippen LogP contribution is 2.27. The molecule has 1 aromatic carbocycles. The first kappa shape index (κ1) is 17.3. The summed E-state index contributed by atoms with van der Waals surface area (Å²) in [6.07, 6.45) is 1.81. The van der Waals surface area contributed by atoms with Crippen LogP contribution in [0.15, 0.2) is 30.9 Å². The predicted octanol–water partition coefficient (Wildman–Crippen LogP) is 2.18. The maximum Gasteiger partial charge on any atom is 0.257 e. The van der Waals surface area contributed by atoms with Gasteiger partial charge in [0.2, 0.25) is 5.91 Å². The van der Waals surface area contributed by atoms with Crippen LogP contribution in [0.3, 0.4) is 0 Å². The van der Waals surface area contributed by atoms with Crippen LogP contribution in [0.25, 0.3) is 0 Å². The average Bonchev–Trinajstić information content (AvgIpc) is 2.45. The van der Waals surface area contributed by atoms with E-state index >= 15 is 0 Å². The minimum absolute atomic E-state index is 0.139. The predicted molar refractivity (Wildman–Crippen MR) is 82.8 cm³/mol. The van der Waals surface area contributed by atoms with Crippen molar-refractivity contribution in [3.8, 4) is 5.75 Å². The fourth-order valence-electron chi connectivity index (χ4n) is 1.39. The molecule has 0 fully saturated rings. The van der Waals surface area contributed by atoms with E-state index in [0.717, 1.165) is 0 Å². The van der Waals surface area contributed by atoms with E-state index in [4.69, 9.17) is 27.9 Å². The van der Waals surface area contributed by atoms with E-state index < -0.39 is 0 Å². The topological polar surface area (TPSA) is 67.4 Å². The van der Waals surface area contributed by atoms with Gasteiger partial charge in [-0.15, -0.1) is 0 Å². The SMILES string of the molecule is C=CC(=O)NCCCNC(=O)COc1ccc(Cl)cc1Cl. The molecule has 1 aromatic rings. The lowest BCUT2D eigenvalue weighted by molar-refractivity contribution is -0.123. The lowest BCUT2D eigenvalue weighted by atomic mass is 10.3. The Kier molecular flexibility index (Phi) is 7.64. The molecule has 0 spiro atoms. The van der Waals surface area contributed by atoms with Gasteiger partial charge in [-0.25, -0.2) is 0 Å². The molecule has 0 radical (unpaired) electrons. The van der Waals surface area contributed by atoms with E-state index in [1.807, 2.05) is 0 Å². The van der Waals surface area contributed by atoms with Gasteiger partial charge in [0.05, 0.1) is 5.02 Å². The third-order valence-electron chi connectivity index (χ3n) is 2.41. The Morgan fingerprint density at radius 3 is 2.62 bits per heavy atom. The van der Waals surface area contributed by atoms with Crippen molar-refractivity contribution in [1.29, 1.82) is 0 Å². The normalized spacial score (nSPS) is 9.81. The van der Waals surface area contributed by atoms with Crippen molar-refractivity contribution in [2.24, 2.45) is 0 Å². The number of nitrogens with one attached hydrogen (secondary N) is 2. The van der Waals surface area contributed by atoms with E-state index in [9.17, 15) is 9.59 Å². The number of rotatable bonds is 8. The molecule has 0 saturated heterocycles. The number of hydrogen-bond acceptors (Lipinski definition) is 3. The van der Waals surface area contributed by atoms with E-state index in [1.54, 1.807) is 18.2 Å². The van der Waals surface area contributed by atoms with Gasteiger partial charge in [0.15, 0.2) is 6.61 Å². The molecule has 0 aliphatic carbocycles. The van der Waals surface area contributed by atoms with Crippen molar-refractivity contribution in [3.05, 3.63) is 40.9 Å². The molecule has 0 atom stereocenters. The van der Waals surface area contributed by atoms with Crippen molar-refractivity contribution in [1.82, 2.24) is 10.6 Å². The third-order valence-corrected chi connectivity index (χ3v) is 2.94. The zero-order chi connectivity index (χ0) is 15.7. The van der Waals surface area contributed by atoms with Gasteiger partial charge in [-0.3, -0.25) is 9.59 Å². The van der Waals surface area contributed by atoms with Gasteiger partial charge in [-0.2, -0.15) is 0 Å². The monoisotopic (exact) mass is 330 g/mol. The van der Waals surface area contributed by atoms with Crippen molar-refractivity contribution in [2.75, 3.05) is 19.7 Å². The largest absolute Gasteiger partial charge is 0.482 e. The number of ether oxygens (including phenoxy) is 1. The number of carbonyl (C=O) groups is 2. The van der Waals surface area contributed by atoms with Gasteiger partial charge in [-0.05, 0) is 30.7 Å². The average molecular weight is 331 g/mol. The Morgan fingerprint density at radius 1 is 1.24 bits per heavy atom. The summed E-state index contributed by atoms with van der Waals surface area (Å²) < 4.78 is 5.28. The number of hydrogen-bond donors (Lipinski definition) is 2. The molecule has 0 aliphatic rings. The first-order chi connectivity index (χ1) is 10.0. The Hall–Kier alpha value is -1.72. The van der Waals surface area contributed by atoms with Crippen LogP contribution in [0.4, 0.5) is 0 Å². The minimum atomic E-state index is -0.268. The maximum absolute atomic E-state index is 11.5. The standard InChI is InChI=1S/C14H16Cl2N2O3/c1-2-13(19)17-6-3-7-18-14(20)9-21-12-5-4-10(15)8-11(12)16/h2,4-5,8H,1,3,6-7,9H2,(H,17,19)(H,18,20). The van der Waals surface area contributed by atoms with E-state index in [2.05, 4.69) is 17.2 Å². The van der Waals surface area contributed by atoms with Crippen LogP contribution in [-0.2, 0) is 9.59 Å².